The number of nitriles is 1. The summed E-state index contributed by atoms with van der Waals surface area (Å²) in [5.41, 5.74) is 6.36. The predicted octanol–water partition coefficient (Wildman–Crippen LogP) is 4.38. The van der Waals surface area contributed by atoms with Crippen molar-refractivity contribution in [2.45, 2.75) is 33.2 Å². The average Bonchev–Trinajstić information content (AvgIpc) is 2.36. The monoisotopic (exact) mass is 388 g/mol. The van der Waals surface area contributed by atoms with Crippen molar-refractivity contribution in [3.63, 3.8) is 0 Å². The Labute approximate surface area is 131 Å². The molecular formula is C14H18Br2N2O. The highest BCUT2D eigenvalue weighted by molar-refractivity contribution is 9.11. The Hall–Kier alpha value is -0.570. The first kappa shape index (κ1) is 16.5. The predicted molar refractivity (Wildman–Crippen MR) is 83.9 cm³/mol. The van der Waals surface area contributed by atoms with Gasteiger partial charge in [0.2, 0.25) is 0 Å². The van der Waals surface area contributed by atoms with E-state index in [1.807, 2.05) is 26.0 Å². The molecule has 0 saturated heterocycles. The van der Waals surface area contributed by atoms with E-state index < -0.39 is 0 Å². The lowest BCUT2D eigenvalue weighted by Gasteiger charge is -2.16. The maximum absolute atomic E-state index is 8.94. The van der Waals surface area contributed by atoms with E-state index in [4.69, 9.17) is 15.7 Å². The molecule has 104 valence electrons. The molecule has 2 N–H and O–H groups in total. The number of nitrogens with zero attached hydrogens (tertiary/aromatic N) is 1. The molecule has 0 bridgehead atoms. The fourth-order valence-corrected chi connectivity index (χ4v) is 3.12. The molecule has 0 fully saturated rings. The van der Waals surface area contributed by atoms with E-state index in [2.05, 4.69) is 37.9 Å². The molecule has 1 aromatic rings. The zero-order valence-corrected chi connectivity index (χ0v) is 14.3. The largest absolute Gasteiger partial charge is 0.491 e. The molecule has 0 unspecified atom stereocenters. The summed E-state index contributed by atoms with van der Waals surface area (Å²) in [5.74, 6) is 0.784. The smallest absolute Gasteiger partial charge is 0.147 e. The normalized spacial score (nSPS) is 11.2. The molecule has 0 atom stereocenters. The van der Waals surface area contributed by atoms with Gasteiger partial charge in [-0.1, -0.05) is 0 Å². The van der Waals surface area contributed by atoms with Gasteiger partial charge in [-0.3, -0.25) is 0 Å². The van der Waals surface area contributed by atoms with Crippen LogP contribution in [0, 0.1) is 16.7 Å². The van der Waals surface area contributed by atoms with Crippen LogP contribution in [0.15, 0.2) is 21.1 Å². The first-order valence-electron chi connectivity index (χ1n) is 6.11. The zero-order valence-electron chi connectivity index (χ0n) is 11.2. The van der Waals surface area contributed by atoms with Gasteiger partial charge in [-0.2, -0.15) is 5.26 Å². The minimum atomic E-state index is -0.290. The lowest BCUT2D eigenvalue weighted by atomic mass is 9.90. The van der Waals surface area contributed by atoms with Crippen molar-refractivity contribution in [1.82, 2.24) is 0 Å². The van der Waals surface area contributed by atoms with Crippen LogP contribution in [0.5, 0.6) is 5.75 Å². The highest BCUT2D eigenvalue weighted by Gasteiger charge is 2.16. The molecule has 0 radical (unpaired) electrons. The topological polar surface area (TPSA) is 59.0 Å². The molecule has 0 saturated carbocycles. The number of halogens is 2. The summed E-state index contributed by atoms with van der Waals surface area (Å²) >= 11 is 6.96. The molecule has 0 aliphatic heterocycles. The third-order valence-corrected chi connectivity index (χ3v) is 3.97. The highest BCUT2D eigenvalue weighted by Crippen LogP contribution is 2.35. The molecule has 1 aromatic carbocycles. The quantitative estimate of drug-likeness (QED) is 0.734. The fourth-order valence-electron chi connectivity index (χ4n) is 1.61. The Morgan fingerprint density at radius 2 is 1.89 bits per heavy atom. The van der Waals surface area contributed by atoms with Crippen molar-refractivity contribution in [1.29, 1.82) is 5.26 Å². The molecule has 5 heteroatoms. The standard InChI is InChI=1S/C14H18Br2N2O/c1-14(2,9-18)4-3-5-19-13-11(15)6-10(8-17)7-12(13)16/h6-7H,3-5,8,17H2,1-2H3. The minimum absolute atomic E-state index is 0.290. The van der Waals surface area contributed by atoms with Gasteiger partial charge in [0.1, 0.15) is 5.75 Å². The van der Waals surface area contributed by atoms with Crippen LogP contribution in [-0.2, 0) is 6.54 Å². The van der Waals surface area contributed by atoms with Gasteiger partial charge >= 0.3 is 0 Å². The van der Waals surface area contributed by atoms with Crippen LogP contribution in [0.2, 0.25) is 0 Å². The maximum Gasteiger partial charge on any atom is 0.147 e. The van der Waals surface area contributed by atoms with E-state index in [-0.39, 0.29) is 5.41 Å². The first-order chi connectivity index (χ1) is 8.89. The second kappa shape index (κ2) is 7.28. The number of rotatable bonds is 6. The second-order valence-electron chi connectivity index (χ2n) is 5.04. The molecule has 0 aliphatic rings. The summed E-state index contributed by atoms with van der Waals surface area (Å²) < 4.78 is 7.54. The Kier molecular flexibility index (Phi) is 6.31. The fraction of sp³-hybridized carbons (Fsp3) is 0.500. The van der Waals surface area contributed by atoms with Crippen molar-refractivity contribution in [3.8, 4) is 11.8 Å². The Morgan fingerprint density at radius 1 is 1.32 bits per heavy atom. The Balaban J connectivity index is 2.57. The number of nitrogens with two attached hydrogens (primary N) is 1. The second-order valence-corrected chi connectivity index (χ2v) is 6.75. The van der Waals surface area contributed by atoms with Crippen molar-refractivity contribution in [2.24, 2.45) is 11.1 Å². The zero-order chi connectivity index (χ0) is 14.5. The van der Waals surface area contributed by atoms with Crippen LogP contribution < -0.4 is 10.5 Å². The summed E-state index contributed by atoms with van der Waals surface area (Å²) in [6.45, 7) is 4.96. The maximum atomic E-state index is 8.94. The van der Waals surface area contributed by atoms with Gasteiger partial charge in [0, 0.05) is 6.54 Å². The molecule has 0 aliphatic carbocycles. The van der Waals surface area contributed by atoms with Gasteiger partial charge in [-0.15, -0.1) is 0 Å². The van der Waals surface area contributed by atoms with Crippen LogP contribution in [0.4, 0.5) is 0 Å². The number of ether oxygens (including phenoxy) is 1. The summed E-state index contributed by atoms with van der Waals surface area (Å²) in [6, 6.07) is 6.21. The van der Waals surface area contributed by atoms with Crippen molar-refractivity contribution >= 4 is 31.9 Å². The van der Waals surface area contributed by atoms with Crippen LogP contribution in [-0.4, -0.2) is 6.61 Å². The van der Waals surface area contributed by atoms with Gasteiger partial charge in [0.25, 0.3) is 0 Å². The van der Waals surface area contributed by atoms with Gasteiger partial charge in [0.15, 0.2) is 0 Å². The van der Waals surface area contributed by atoms with Gasteiger partial charge in [-0.05, 0) is 76.2 Å². The average molecular weight is 390 g/mol. The third kappa shape index (κ3) is 5.13. The van der Waals surface area contributed by atoms with E-state index >= 15 is 0 Å². The van der Waals surface area contributed by atoms with Gasteiger partial charge in [0.05, 0.1) is 27.0 Å². The summed E-state index contributed by atoms with van der Waals surface area (Å²) in [7, 11) is 0. The third-order valence-electron chi connectivity index (χ3n) is 2.79. The minimum Gasteiger partial charge on any atom is -0.491 e. The molecule has 19 heavy (non-hydrogen) atoms. The molecule has 0 aromatic heterocycles. The Morgan fingerprint density at radius 3 is 2.37 bits per heavy atom. The molecule has 0 spiro atoms. The van der Waals surface area contributed by atoms with Crippen LogP contribution in [0.3, 0.4) is 0 Å². The molecule has 0 heterocycles. The summed E-state index contributed by atoms with van der Waals surface area (Å²) in [5, 5.41) is 8.94. The van der Waals surface area contributed by atoms with Gasteiger partial charge < -0.3 is 10.5 Å². The number of benzene rings is 1. The summed E-state index contributed by atoms with van der Waals surface area (Å²) in [6.07, 6.45) is 1.66. The van der Waals surface area contributed by atoms with Crippen molar-refractivity contribution in [3.05, 3.63) is 26.6 Å². The molecule has 3 nitrogen and oxygen atoms in total. The highest BCUT2D eigenvalue weighted by atomic mass is 79.9. The summed E-state index contributed by atoms with van der Waals surface area (Å²) in [4.78, 5) is 0. The van der Waals surface area contributed by atoms with Crippen LogP contribution >= 0.6 is 31.9 Å². The van der Waals surface area contributed by atoms with Crippen molar-refractivity contribution in [2.75, 3.05) is 6.61 Å². The van der Waals surface area contributed by atoms with Crippen molar-refractivity contribution < 1.29 is 4.74 Å². The molecule has 0 amide bonds. The van der Waals surface area contributed by atoms with E-state index in [0.29, 0.717) is 13.2 Å². The Bertz CT molecular complexity index is 458. The lowest BCUT2D eigenvalue weighted by molar-refractivity contribution is 0.281. The first-order valence-corrected chi connectivity index (χ1v) is 7.70. The number of hydrogen-bond acceptors (Lipinski definition) is 3. The number of hydrogen-bond donors (Lipinski definition) is 1. The molecule has 1 rings (SSSR count). The lowest BCUT2D eigenvalue weighted by Crippen LogP contribution is -2.10. The van der Waals surface area contributed by atoms with E-state index in [0.717, 1.165) is 33.1 Å². The molecular weight excluding hydrogens is 372 g/mol. The van der Waals surface area contributed by atoms with Gasteiger partial charge in [-0.25, -0.2) is 0 Å². The van der Waals surface area contributed by atoms with E-state index in [1.165, 1.54) is 0 Å². The van der Waals surface area contributed by atoms with Crippen LogP contribution in [0.25, 0.3) is 0 Å². The SMILES string of the molecule is CC(C)(C#N)CCCOc1c(Br)cc(CN)cc1Br. The van der Waals surface area contributed by atoms with E-state index in [9.17, 15) is 0 Å². The van der Waals surface area contributed by atoms with E-state index in [1.54, 1.807) is 0 Å². The van der Waals surface area contributed by atoms with Crippen LogP contribution in [0.1, 0.15) is 32.3 Å².